The Hall–Kier alpha value is -1.53. The van der Waals surface area contributed by atoms with E-state index in [4.69, 9.17) is 9.47 Å². The monoisotopic (exact) mass is 291 g/mol. The van der Waals surface area contributed by atoms with Crippen molar-refractivity contribution in [1.29, 1.82) is 0 Å². The molecule has 0 saturated carbocycles. The summed E-state index contributed by atoms with van der Waals surface area (Å²) in [5.41, 5.74) is 0.522. The van der Waals surface area contributed by atoms with Crippen LogP contribution in [0.25, 0.3) is 0 Å². The van der Waals surface area contributed by atoms with Crippen molar-refractivity contribution < 1.29 is 14.3 Å². The lowest BCUT2D eigenvalue weighted by Gasteiger charge is -2.50. The Bertz CT molecular complexity index is 492. The Morgan fingerprint density at radius 3 is 3.24 bits per heavy atom. The minimum Gasteiger partial charge on any atom is -0.384 e. The third kappa shape index (κ3) is 2.78. The Labute approximate surface area is 124 Å². The predicted octanol–water partition coefficient (Wildman–Crippen LogP) is 1.13. The maximum Gasteiger partial charge on any atom is 0.255 e. The van der Waals surface area contributed by atoms with Crippen LogP contribution in [-0.4, -0.2) is 60.5 Å². The molecule has 2 atom stereocenters. The number of carbonyl (C=O) groups is 1. The van der Waals surface area contributed by atoms with Gasteiger partial charge in [0.05, 0.1) is 30.7 Å². The van der Waals surface area contributed by atoms with Gasteiger partial charge in [0.2, 0.25) is 0 Å². The first-order valence-electron chi connectivity index (χ1n) is 7.42. The molecule has 3 heterocycles. The van der Waals surface area contributed by atoms with Crippen LogP contribution in [0, 0.1) is 5.41 Å². The third-order valence-electron chi connectivity index (χ3n) is 4.54. The van der Waals surface area contributed by atoms with Crippen molar-refractivity contribution in [2.75, 3.05) is 33.4 Å². The predicted molar refractivity (Wildman–Crippen MR) is 75.8 cm³/mol. The number of likely N-dealkylation sites (tertiary alicyclic amines) is 1. The quantitative estimate of drug-likeness (QED) is 0.835. The van der Waals surface area contributed by atoms with Gasteiger partial charge in [0.15, 0.2) is 0 Å². The molecule has 2 aliphatic heterocycles. The number of piperidine rings is 1. The van der Waals surface area contributed by atoms with Gasteiger partial charge in [-0.05, 0) is 25.3 Å². The first-order chi connectivity index (χ1) is 10.2. The van der Waals surface area contributed by atoms with E-state index in [9.17, 15) is 4.79 Å². The zero-order valence-electron chi connectivity index (χ0n) is 12.3. The van der Waals surface area contributed by atoms with E-state index in [1.165, 1.54) is 6.20 Å². The Morgan fingerprint density at radius 1 is 1.57 bits per heavy atom. The fraction of sp³-hybridized carbons (Fsp3) is 0.667. The smallest absolute Gasteiger partial charge is 0.255 e. The van der Waals surface area contributed by atoms with Gasteiger partial charge in [0.25, 0.3) is 5.91 Å². The maximum atomic E-state index is 12.6. The van der Waals surface area contributed by atoms with Crippen LogP contribution in [0.2, 0.25) is 0 Å². The van der Waals surface area contributed by atoms with Crippen molar-refractivity contribution in [3.63, 3.8) is 0 Å². The van der Waals surface area contributed by atoms with E-state index in [0.29, 0.717) is 18.7 Å². The van der Waals surface area contributed by atoms with Crippen LogP contribution in [0.5, 0.6) is 0 Å². The highest BCUT2D eigenvalue weighted by Gasteiger charge is 2.47. The van der Waals surface area contributed by atoms with E-state index in [2.05, 4.69) is 10.2 Å². The summed E-state index contributed by atoms with van der Waals surface area (Å²) in [4.78, 5) is 14.5. The number of carbonyl (C=O) groups excluding carboxylic acids is 1. The average Bonchev–Trinajstić information content (AvgIpc) is 2.54. The normalized spacial score (nSPS) is 29.0. The lowest BCUT2D eigenvalue weighted by molar-refractivity contribution is -0.142. The molecule has 0 radical (unpaired) electrons. The van der Waals surface area contributed by atoms with Crippen LogP contribution >= 0.6 is 0 Å². The molecule has 0 bridgehead atoms. The standard InChI is InChI=1S/C15H21N3O3/c1-20-11-15-5-2-8-21-13(15)4-7-18(10-15)14(19)12-3-6-16-17-9-12/h3,6,9,13H,2,4-5,7-8,10-11H2,1H3/t13-,15+/m0/s1. The van der Waals surface area contributed by atoms with E-state index in [1.807, 2.05) is 4.90 Å². The fourth-order valence-corrected chi connectivity index (χ4v) is 3.56. The van der Waals surface area contributed by atoms with Crippen molar-refractivity contribution >= 4 is 5.91 Å². The molecule has 1 aromatic rings. The number of ether oxygens (including phenoxy) is 2. The zero-order chi connectivity index (χ0) is 14.7. The van der Waals surface area contributed by atoms with Crippen LogP contribution in [0.15, 0.2) is 18.5 Å². The summed E-state index contributed by atoms with van der Waals surface area (Å²) in [5, 5.41) is 7.51. The van der Waals surface area contributed by atoms with E-state index < -0.39 is 0 Å². The summed E-state index contributed by atoms with van der Waals surface area (Å²) in [6.07, 6.45) is 6.21. The number of methoxy groups -OCH3 is 1. The van der Waals surface area contributed by atoms with Gasteiger partial charge < -0.3 is 14.4 Å². The second kappa shape index (κ2) is 6.07. The zero-order valence-corrected chi connectivity index (χ0v) is 12.3. The molecular formula is C15H21N3O3. The average molecular weight is 291 g/mol. The molecule has 2 aliphatic rings. The maximum absolute atomic E-state index is 12.6. The number of hydrogen-bond acceptors (Lipinski definition) is 5. The molecule has 0 unspecified atom stereocenters. The van der Waals surface area contributed by atoms with E-state index in [1.54, 1.807) is 19.4 Å². The van der Waals surface area contributed by atoms with Crippen molar-refractivity contribution in [2.24, 2.45) is 5.41 Å². The first-order valence-corrected chi connectivity index (χ1v) is 7.42. The number of fused-ring (bicyclic) bond motifs is 1. The Balaban J connectivity index is 1.78. The molecule has 0 aromatic carbocycles. The van der Waals surface area contributed by atoms with Crippen LogP contribution in [-0.2, 0) is 9.47 Å². The van der Waals surface area contributed by atoms with Gasteiger partial charge >= 0.3 is 0 Å². The van der Waals surface area contributed by atoms with Gasteiger partial charge in [0.1, 0.15) is 0 Å². The molecule has 1 aromatic heterocycles. The van der Waals surface area contributed by atoms with E-state index >= 15 is 0 Å². The topological polar surface area (TPSA) is 64.6 Å². The van der Waals surface area contributed by atoms with Gasteiger partial charge in [-0.25, -0.2) is 0 Å². The number of nitrogens with zero attached hydrogens (tertiary/aromatic N) is 3. The summed E-state index contributed by atoms with van der Waals surface area (Å²) in [6, 6.07) is 1.71. The molecule has 2 fully saturated rings. The van der Waals surface area contributed by atoms with Crippen LogP contribution < -0.4 is 0 Å². The van der Waals surface area contributed by atoms with Gasteiger partial charge in [-0.3, -0.25) is 4.79 Å². The number of amides is 1. The van der Waals surface area contributed by atoms with Crippen molar-refractivity contribution in [3.05, 3.63) is 24.0 Å². The van der Waals surface area contributed by atoms with E-state index in [0.717, 1.165) is 32.4 Å². The molecular weight excluding hydrogens is 270 g/mol. The largest absolute Gasteiger partial charge is 0.384 e. The third-order valence-corrected chi connectivity index (χ3v) is 4.54. The first kappa shape index (κ1) is 14.4. The number of rotatable bonds is 3. The molecule has 21 heavy (non-hydrogen) atoms. The molecule has 0 spiro atoms. The molecule has 1 amide bonds. The van der Waals surface area contributed by atoms with Crippen LogP contribution in [0.3, 0.4) is 0 Å². The molecule has 6 nitrogen and oxygen atoms in total. The van der Waals surface area contributed by atoms with Crippen LogP contribution in [0.1, 0.15) is 29.6 Å². The van der Waals surface area contributed by atoms with Crippen molar-refractivity contribution in [1.82, 2.24) is 15.1 Å². The second-order valence-electron chi connectivity index (χ2n) is 5.90. The van der Waals surface area contributed by atoms with E-state index in [-0.39, 0.29) is 17.4 Å². The van der Waals surface area contributed by atoms with Crippen LogP contribution in [0.4, 0.5) is 0 Å². The molecule has 2 saturated heterocycles. The summed E-state index contributed by atoms with van der Waals surface area (Å²) < 4.78 is 11.4. The summed E-state index contributed by atoms with van der Waals surface area (Å²) in [7, 11) is 1.72. The number of hydrogen-bond donors (Lipinski definition) is 0. The highest BCUT2D eigenvalue weighted by molar-refractivity contribution is 5.93. The highest BCUT2D eigenvalue weighted by Crippen LogP contribution is 2.40. The second-order valence-corrected chi connectivity index (χ2v) is 5.90. The fourth-order valence-electron chi connectivity index (χ4n) is 3.56. The SMILES string of the molecule is COC[C@]12CCCO[C@H]1CCN(C(=O)c1ccnnc1)C2. The Kier molecular flexibility index (Phi) is 4.17. The molecule has 0 N–H and O–H groups in total. The minimum absolute atomic E-state index is 0.0180. The van der Waals surface area contributed by atoms with Crippen molar-refractivity contribution in [2.45, 2.75) is 25.4 Å². The number of aromatic nitrogens is 2. The molecule has 0 aliphatic carbocycles. The van der Waals surface area contributed by atoms with Gasteiger partial charge in [-0.1, -0.05) is 0 Å². The lowest BCUT2D eigenvalue weighted by atomic mass is 9.73. The van der Waals surface area contributed by atoms with Gasteiger partial charge in [-0.15, -0.1) is 0 Å². The summed E-state index contributed by atoms with van der Waals surface area (Å²) >= 11 is 0. The molecule has 3 rings (SSSR count). The van der Waals surface area contributed by atoms with Gasteiger partial charge in [-0.2, -0.15) is 10.2 Å². The molecule has 6 heteroatoms. The van der Waals surface area contributed by atoms with Gasteiger partial charge in [0, 0.05) is 32.2 Å². The lowest BCUT2D eigenvalue weighted by Crippen LogP contribution is -2.58. The minimum atomic E-state index is -0.0681. The Morgan fingerprint density at radius 2 is 2.48 bits per heavy atom. The molecule has 114 valence electrons. The highest BCUT2D eigenvalue weighted by atomic mass is 16.5. The summed E-state index contributed by atoms with van der Waals surface area (Å²) in [6.45, 7) is 2.86. The summed E-state index contributed by atoms with van der Waals surface area (Å²) in [5.74, 6) is 0.0180. The van der Waals surface area contributed by atoms with Crippen molar-refractivity contribution in [3.8, 4) is 0 Å².